The monoisotopic (exact) mass is 440 g/mol. The number of rotatable bonds is 5. The average Bonchev–Trinajstić information content (AvgIpc) is 3.22. The third kappa shape index (κ3) is 4.13. The van der Waals surface area contributed by atoms with Gasteiger partial charge < -0.3 is 4.74 Å². The predicted molar refractivity (Wildman–Crippen MR) is 122 cm³/mol. The van der Waals surface area contributed by atoms with Crippen LogP contribution in [0.3, 0.4) is 0 Å². The van der Waals surface area contributed by atoms with Gasteiger partial charge >= 0.3 is 0 Å². The highest BCUT2D eigenvalue weighted by Gasteiger charge is 2.35. The zero-order valence-corrected chi connectivity index (χ0v) is 19.1. The SMILES string of the molecule is CCC(=O)N1N=C(c2cccc(OC)c2)Sc2c1nc(C1CCCCC1)n2C(=O)CC. The Bertz CT molecular complexity index is 1020. The van der Waals surface area contributed by atoms with Gasteiger partial charge in [-0.3, -0.25) is 14.2 Å². The molecule has 31 heavy (non-hydrogen) atoms. The summed E-state index contributed by atoms with van der Waals surface area (Å²) in [6, 6.07) is 7.57. The number of methoxy groups -OCH3 is 1. The van der Waals surface area contributed by atoms with Gasteiger partial charge in [0.2, 0.25) is 11.8 Å². The van der Waals surface area contributed by atoms with Gasteiger partial charge in [0.05, 0.1) is 7.11 Å². The number of anilines is 1. The molecule has 1 aliphatic heterocycles. The zero-order valence-electron chi connectivity index (χ0n) is 18.3. The molecule has 1 aromatic heterocycles. The first-order valence-electron chi connectivity index (χ1n) is 11.0. The smallest absolute Gasteiger partial charge is 0.248 e. The Balaban J connectivity index is 1.85. The topological polar surface area (TPSA) is 76.8 Å². The Labute approximate surface area is 186 Å². The number of amides is 1. The van der Waals surface area contributed by atoms with E-state index in [1.54, 1.807) is 18.6 Å². The minimum Gasteiger partial charge on any atom is -0.497 e. The molecule has 164 valence electrons. The molecular weight excluding hydrogens is 412 g/mol. The van der Waals surface area contributed by atoms with Crippen molar-refractivity contribution in [2.24, 2.45) is 5.10 Å². The van der Waals surface area contributed by atoms with E-state index >= 15 is 0 Å². The molecule has 1 fully saturated rings. The van der Waals surface area contributed by atoms with Crippen LogP contribution in [-0.4, -0.2) is 33.5 Å². The average molecular weight is 441 g/mol. The number of fused-ring (bicyclic) bond motifs is 1. The van der Waals surface area contributed by atoms with E-state index in [9.17, 15) is 9.59 Å². The number of imidazole rings is 1. The van der Waals surface area contributed by atoms with E-state index in [1.807, 2.05) is 31.2 Å². The fraction of sp³-hybridized carbons (Fsp3) is 0.478. The van der Waals surface area contributed by atoms with E-state index in [-0.39, 0.29) is 17.7 Å². The second-order valence-electron chi connectivity index (χ2n) is 7.81. The maximum Gasteiger partial charge on any atom is 0.248 e. The second-order valence-corrected chi connectivity index (χ2v) is 8.79. The summed E-state index contributed by atoms with van der Waals surface area (Å²) >= 11 is 1.40. The molecule has 1 saturated carbocycles. The minimum atomic E-state index is -0.147. The van der Waals surface area contributed by atoms with Gasteiger partial charge in [-0.05, 0) is 36.7 Å². The van der Waals surface area contributed by atoms with E-state index in [0.29, 0.717) is 34.5 Å². The molecule has 0 bridgehead atoms. The first-order valence-corrected chi connectivity index (χ1v) is 11.8. The van der Waals surface area contributed by atoms with Crippen molar-refractivity contribution in [3.8, 4) is 5.75 Å². The lowest BCUT2D eigenvalue weighted by Crippen LogP contribution is -2.29. The fourth-order valence-electron chi connectivity index (χ4n) is 4.12. The molecule has 2 aliphatic rings. The second kappa shape index (κ2) is 9.26. The van der Waals surface area contributed by atoms with Crippen LogP contribution in [0.15, 0.2) is 34.4 Å². The van der Waals surface area contributed by atoms with Crippen molar-refractivity contribution in [3.63, 3.8) is 0 Å². The van der Waals surface area contributed by atoms with E-state index in [4.69, 9.17) is 9.72 Å². The molecule has 0 unspecified atom stereocenters. The lowest BCUT2D eigenvalue weighted by molar-refractivity contribution is -0.118. The molecule has 1 aromatic carbocycles. The van der Waals surface area contributed by atoms with Gasteiger partial charge in [0.1, 0.15) is 21.6 Å². The summed E-state index contributed by atoms with van der Waals surface area (Å²) in [5.74, 6) is 2.05. The van der Waals surface area contributed by atoms with Crippen molar-refractivity contribution in [3.05, 3.63) is 35.7 Å². The molecule has 2 aromatic rings. The van der Waals surface area contributed by atoms with Gasteiger partial charge in [-0.1, -0.05) is 45.2 Å². The Morgan fingerprint density at radius 2 is 1.87 bits per heavy atom. The van der Waals surface area contributed by atoms with Gasteiger partial charge in [0.25, 0.3) is 0 Å². The Hall–Kier alpha value is -2.61. The van der Waals surface area contributed by atoms with Crippen molar-refractivity contribution in [2.75, 3.05) is 12.1 Å². The molecule has 7 nitrogen and oxygen atoms in total. The number of nitrogens with zero attached hydrogens (tertiary/aromatic N) is 4. The molecule has 4 rings (SSSR count). The van der Waals surface area contributed by atoms with Crippen molar-refractivity contribution < 1.29 is 14.3 Å². The van der Waals surface area contributed by atoms with Crippen LogP contribution in [0.1, 0.15) is 80.9 Å². The first-order chi connectivity index (χ1) is 15.1. The fourth-order valence-corrected chi connectivity index (χ4v) is 5.18. The quantitative estimate of drug-likeness (QED) is 0.639. The molecule has 1 aliphatic carbocycles. The first kappa shape index (κ1) is 21.6. The number of carbonyl (C=O) groups excluding carboxylic acids is 2. The Morgan fingerprint density at radius 1 is 1.13 bits per heavy atom. The summed E-state index contributed by atoms with van der Waals surface area (Å²) in [6.45, 7) is 3.67. The van der Waals surface area contributed by atoms with E-state index < -0.39 is 0 Å². The van der Waals surface area contributed by atoms with Crippen LogP contribution < -0.4 is 9.75 Å². The molecule has 0 saturated heterocycles. The highest BCUT2D eigenvalue weighted by Crippen LogP contribution is 2.42. The standard InChI is InChI=1S/C23H28N4O3S/c1-4-18(28)26-20(15-10-7-6-8-11-15)24-21-23(26)31-22(25-27(21)19(29)5-2)16-12-9-13-17(14-16)30-3/h9,12-15H,4-8,10-11H2,1-3H3. The van der Waals surface area contributed by atoms with Crippen LogP contribution in [-0.2, 0) is 4.79 Å². The number of hydrazone groups is 1. The molecule has 0 radical (unpaired) electrons. The maximum absolute atomic E-state index is 13.0. The van der Waals surface area contributed by atoms with Gasteiger partial charge in [-0.15, -0.1) is 0 Å². The van der Waals surface area contributed by atoms with Crippen LogP contribution >= 0.6 is 11.8 Å². The van der Waals surface area contributed by atoms with Crippen molar-refractivity contribution in [1.29, 1.82) is 0 Å². The summed E-state index contributed by atoms with van der Waals surface area (Å²) in [5.41, 5.74) is 0.833. The van der Waals surface area contributed by atoms with Crippen LogP contribution in [0.25, 0.3) is 0 Å². The predicted octanol–water partition coefficient (Wildman–Crippen LogP) is 5.20. The molecule has 0 N–H and O–H groups in total. The molecule has 0 atom stereocenters. The molecule has 2 heterocycles. The van der Waals surface area contributed by atoms with Gasteiger partial charge in [-0.25, -0.2) is 4.98 Å². The zero-order chi connectivity index (χ0) is 22.0. The normalized spacial score (nSPS) is 16.6. The van der Waals surface area contributed by atoms with Crippen molar-refractivity contribution >= 4 is 34.4 Å². The summed E-state index contributed by atoms with van der Waals surface area (Å²) in [7, 11) is 1.62. The van der Waals surface area contributed by atoms with Gasteiger partial charge in [0, 0.05) is 24.3 Å². The number of hydrogen-bond acceptors (Lipinski definition) is 6. The highest BCUT2D eigenvalue weighted by molar-refractivity contribution is 8.14. The summed E-state index contributed by atoms with van der Waals surface area (Å²) in [4.78, 5) is 30.7. The summed E-state index contributed by atoms with van der Waals surface area (Å²) in [6.07, 6.45) is 6.20. The van der Waals surface area contributed by atoms with Crippen LogP contribution in [0.2, 0.25) is 0 Å². The number of ether oxygens (including phenoxy) is 1. The lowest BCUT2D eigenvalue weighted by atomic mass is 9.88. The number of benzene rings is 1. The Kier molecular flexibility index (Phi) is 6.46. The summed E-state index contributed by atoms with van der Waals surface area (Å²) in [5, 5.41) is 7.36. The van der Waals surface area contributed by atoms with Crippen molar-refractivity contribution in [2.45, 2.75) is 69.7 Å². The summed E-state index contributed by atoms with van der Waals surface area (Å²) < 4.78 is 7.11. The number of hydrogen-bond donors (Lipinski definition) is 0. The largest absolute Gasteiger partial charge is 0.497 e. The van der Waals surface area contributed by atoms with Crippen LogP contribution in [0.4, 0.5) is 5.82 Å². The van der Waals surface area contributed by atoms with Gasteiger partial charge in [-0.2, -0.15) is 10.1 Å². The highest BCUT2D eigenvalue weighted by atomic mass is 32.2. The van der Waals surface area contributed by atoms with Gasteiger partial charge in [0.15, 0.2) is 5.82 Å². The van der Waals surface area contributed by atoms with Crippen LogP contribution in [0.5, 0.6) is 5.75 Å². The minimum absolute atomic E-state index is 0.00221. The molecular formula is C23H28N4O3S. The van der Waals surface area contributed by atoms with Crippen LogP contribution in [0, 0.1) is 0 Å². The third-order valence-electron chi connectivity index (χ3n) is 5.81. The molecule has 1 amide bonds. The molecule has 8 heteroatoms. The van der Waals surface area contributed by atoms with E-state index in [2.05, 4.69) is 5.10 Å². The molecule has 0 spiro atoms. The van der Waals surface area contributed by atoms with E-state index in [0.717, 1.165) is 37.1 Å². The van der Waals surface area contributed by atoms with Crippen molar-refractivity contribution in [1.82, 2.24) is 9.55 Å². The number of thioether (sulfide) groups is 1. The number of aromatic nitrogens is 2. The number of carbonyl (C=O) groups is 2. The van der Waals surface area contributed by atoms with E-state index in [1.165, 1.54) is 23.2 Å². The lowest BCUT2D eigenvalue weighted by Gasteiger charge is -2.23. The maximum atomic E-state index is 13.0. The Morgan fingerprint density at radius 3 is 2.55 bits per heavy atom. The third-order valence-corrected chi connectivity index (χ3v) is 6.88.